The predicted molar refractivity (Wildman–Crippen MR) is 48.7 cm³/mol. The Balaban J connectivity index is 2.23. The van der Waals surface area contributed by atoms with Gasteiger partial charge in [-0.2, -0.15) is 0 Å². The van der Waals surface area contributed by atoms with Crippen molar-refractivity contribution in [2.45, 2.75) is 18.9 Å². The van der Waals surface area contributed by atoms with Gasteiger partial charge in [-0.05, 0) is 19.9 Å². The van der Waals surface area contributed by atoms with E-state index in [0.717, 1.165) is 25.6 Å². The Hall–Kier alpha value is -0.340. The molecule has 0 saturated carbocycles. The van der Waals surface area contributed by atoms with Gasteiger partial charge in [0, 0.05) is 25.7 Å². The summed E-state index contributed by atoms with van der Waals surface area (Å²) in [5.41, 5.74) is 0. The minimum Gasteiger partial charge on any atom is -0.314 e. The molecular formula is C9H18N2. The van der Waals surface area contributed by atoms with Crippen LogP contribution >= 0.6 is 0 Å². The van der Waals surface area contributed by atoms with Crippen LogP contribution in [0.5, 0.6) is 0 Å². The van der Waals surface area contributed by atoms with Crippen molar-refractivity contribution in [2.24, 2.45) is 0 Å². The first-order valence-electron chi connectivity index (χ1n) is 4.36. The monoisotopic (exact) mass is 154 g/mol. The highest BCUT2D eigenvalue weighted by molar-refractivity contribution is 4.80. The van der Waals surface area contributed by atoms with E-state index in [1.165, 1.54) is 13.0 Å². The van der Waals surface area contributed by atoms with Crippen molar-refractivity contribution in [3.8, 4) is 0 Å². The van der Waals surface area contributed by atoms with Crippen molar-refractivity contribution < 1.29 is 0 Å². The predicted octanol–water partition coefficient (Wildman–Crippen LogP) is 0.856. The summed E-state index contributed by atoms with van der Waals surface area (Å²) in [6.07, 6.45) is 4.38. The Morgan fingerprint density at radius 1 is 1.73 bits per heavy atom. The van der Waals surface area contributed by atoms with Gasteiger partial charge in [0.15, 0.2) is 0 Å². The summed E-state index contributed by atoms with van der Waals surface area (Å²) in [7, 11) is 2.20. The largest absolute Gasteiger partial charge is 0.314 e. The van der Waals surface area contributed by atoms with Crippen LogP contribution in [-0.2, 0) is 0 Å². The highest BCUT2D eigenvalue weighted by Crippen LogP contribution is 2.06. The van der Waals surface area contributed by atoms with Gasteiger partial charge in [-0.15, -0.1) is 6.58 Å². The fourth-order valence-electron chi connectivity index (χ4n) is 1.50. The van der Waals surface area contributed by atoms with Crippen molar-refractivity contribution in [3.63, 3.8) is 0 Å². The van der Waals surface area contributed by atoms with Crippen LogP contribution in [0.3, 0.4) is 0 Å². The van der Waals surface area contributed by atoms with Crippen molar-refractivity contribution in [2.75, 3.05) is 26.7 Å². The lowest BCUT2D eigenvalue weighted by atomic mass is 10.1. The number of hydrogen-bond acceptors (Lipinski definition) is 2. The van der Waals surface area contributed by atoms with Crippen LogP contribution in [0.25, 0.3) is 0 Å². The van der Waals surface area contributed by atoms with Gasteiger partial charge in [0.2, 0.25) is 0 Å². The maximum absolute atomic E-state index is 3.73. The average molecular weight is 154 g/mol. The van der Waals surface area contributed by atoms with Crippen molar-refractivity contribution >= 4 is 0 Å². The van der Waals surface area contributed by atoms with Gasteiger partial charge in [0.1, 0.15) is 0 Å². The summed E-state index contributed by atoms with van der Waals surface area (Å²) in [6.45, 7) is 7.20. The van der Waals surface area contributed by atoms with Gasteiger partial charge in [-0.1, -0.05) is 6.08 Å². The van der Waals surface area contributed by atoms with E-state index in [1.807, 2.05) is 6.08 Å². The van der Waals surface area contributed by atoms with Crippen LogP contribution in [0, 0.1) is 0 Å². The molecule has 0 radical (unpaired) electrons. The van der Waals surface area contributed by atoms with Crippen molar-refractivity contribution in [1.29, 1.82) is 0 Å². The fourth-order valence-corrected chi connectivity index (χ4v) is 1.50. The summed E-state index contributed by atoms with van der Waals surface area (Å²) < 4.78 is 0. The molecule has 1 aliphatic rings. The van der Waals surface area contributed by atoms with Crippen LogP contribution in [-0.4, -0.2) is 37.6 Å². The minimum atomic E-state index is 0.724. The minimum absolute atomic E-state index is 0.724. The number of nitrogens with one attached hydrogen (secondary N) is 1. The second-order valence-electron chi connectivity index (χ2n) is 3.20. The Morgan fingerprint density at radius 2 is 2.55 bits per heavy atom. The molecule has 2 nitrogen and oxygen atoms in total. The van der Waals surface area contributed by atoms with Crippen LogP contribution in [0.1, 0.15) is 12.8 Å². The maximum Gasteiger partial charge on any atom is 0.0221 e. The molecule has 0 bridgehead atoms. The SMILES string of the molecule is C=CCCC1CNCCN1C. The second-order valence-corrected chi connectivity index (χ2v) is 3.20. The van der Waals surface area contributed by atoms with Gasteiger partial charge in [-0.25, -0.2) is 0 Å². The quantitative estimate of drug-likeness (QED) is 0.606. The molecule has 2 heteroatoms. The molecule has 0 amide bonds. The molecule has 1 aliphatic heterocycles. The smallest absolute Gasteiger partial charge is 0.0221 e. The highest BCUT2D eigenvalue weighted by Gasteiger charge is 2.16. The molecule has 1 rings (SSSR count). The van der Waals surface area contributed by atoms with Crippen LogP contribution < -0.4 is 5.32 Å². The number of rotatable bonds is 3. The summed E-state index contributed by atoms with van der Waals surface area (Å²) in [5.74, 6) is 0. The zero-order chi connectivity index (χ0) is 8.10. The van der Waals surface area contributed by atoms with E-state index in [1.54, 1.807) is 0 Å². The van der Waals surface area contributed by atoms with E-state index in [2.05, 4.69) is 23.8 Å². The molecule has 1 unspecified atom stereocenters. The van der Waals surface area contributed by atoms with Crippen LogP contribution in [0.15, 0.2) is 12.7 Å². The van der Waals surface area contributed by atoms with E-state index in [4.69, 9.17) is 0 Å². The van der Waals surface area contributed by atoms with Gasteiger partial charge in [-0.3, -0.25) is 0 Å². The third kappa shape index (κ3) is 2.64. The standard InChI is InChI=1S/C9H18N2/c1-3-4-5-9-8-10-6-7-11(9)2/h3,9-10H,1,4-8H2,2H3. The van der Waals surface area contributed by atoms with E-state index in [0.29, 0.717) is 0 Å². The highest BCUT2D eigenvalue weighted by atomic mass is 15.2. The molecule has 0 aromatic carbocycles. The molecule has 1 fully saturated rings. The summed E-state index contributed by atoms with van der Waals surface area (Å²) in [4.78, 5) is 2.43. The summed E-state index contributed by atoms with van der Waals surface area (Å²) in [6, 6.07) is 0.724. The summed E-state index contributed by atoms with van der Waals surface area (Å²) >= 11 is 0. The van der Waals surface area contributed by atoms with Crippen LogP contribution in [0.2, 0.25) is 0 Å². The van der Waals surface area contributed by atoms with Gasteiger partial charge < -0.3 is 10.2 Å². The third-order valence-electron chi connectivity index (χ3n) is 2.35. The summed E-state index contributed by atoms with van der Waals surface area (Å²) in [5, 5.41) is 3.40. The van der Waals surface area contributed by atoms with E-state index < -0.39 is 0 Å². The first-order chi connectivity index (χ1) is 5.34. The molecule has 64 valence electrons. The van der Waals surface area contributed by atoms with E-state index in [-0.39, 0.29) is 0 Å². The number of nitrogens with zero attached hydrogens (tertiary/aromatic N) is 1. The molecule has 1 N–H and O–H groups in total. The lowest BCUT2D eigenvalue weighted by molar-refractivity contribution is 0.191. The number of piperazine rings is 1. The number of likely N-dealkylation sites (N-methyl/N-ethyl adjacent to an activating group) is 1. The number of allylic oxidation sites excluding steroid dienone is 1. The molecule has 1 heterocycles. The Bertz CT molecular complexity index is 123. The fraction of sp³-hybridized carbons (Fsp3) is 0.778. The molecule has 11 heavy (non-hydrogen) atoms. The first kappa shape index (κ1) is 8.75. The Kier molecular flexibility index (Phi) is 3.60. The maximum atomic E-state index is 3.73. The Morgan fingerprint density at radius 3 is 3.18 bits per heavy atom. The molecule has 0 aromatic heterocycles. The molecule has 1 saturated heterocycles. The normalized spacial score (nSPS) is 26.8. The zero-order valence-corrected chi connectivity index (χ0v) is 7.34. The lowest BCUT2D eigenvalue weighted by Gasteiger charge is -2.32. The Labute approximate surface area is 69.3 Å². The molecule has 0 aromatic rings. The molecule has 0 spiro atoms. The molecule has 0 aliphatic carbocycles. The van der Waals surface area contributed by atoms with Crippen LogP contribution in [0.4, 0.5) is 0 Å². The van der Waals surface area contributed by atoms with Gasteiger partial charge in [0.05, 0.1) is 0 Å². The van der Waals surface area contributed by atoms with E-state index >= 15 is 0 Å². The average Bonchev–Trinajstić information content (AvgIpc) is 2.03. The number of hydrogen-bond donors (Lipinski definition) is 1. The van der Waals surface area contributed by atoms with E-state index in [9.17, 15) is 0 Å². The van der Waals surface area contributed by atoms with Gasteiger partial charge >= 0.3 is 0 Å². The second kappa shape index (κ2) is 4.52. The topological polar surface area (TPSA) is 15.3 Å². The molecular weight excluding hydrogens is 136 g/mol. The van der Waals surface area contributed by atoms with Gasteiger partial charge in [0.25, 0.3) is 0 Å². The van der Waals surface area contributed by atoms with Crippen molar-refractivity contribution in [3.05, 3.63) is 12.7 Å². The molecule has 1 atom stereocenters. The zero-order valence-electron chi connectivity index (χ0n) is 7.34. The first-order valence-corrected chi connectivity index (χ1v) is 4.36. The van der Waals surface area contributed by atoms with Crippen molar-refractivity contribution in [1.82, 2.24) is 10.2 Å². The lowest BCUT2D eigenvalue weighted by Crippen LogP contribution is -2.49. The third-order valence-corrected chi connectivity index (χ3v) is 2.35.